The normalized spacial score (nSPS) is 16.3. The molecule has 14 atom stereocenters. The fourth-order valence-corrected chi connectivity index (χ4v) is 12.0. The van der Waals surface area contributed by atoms with E-state index in [2.05, 4.69) is 78.4 Å². The highest BCUT2D eigenvalue weighted by Crippen LogP contribution is 2.23. The third-order valence-corrected chi connectivity index (χ3v) is 18.7. The van der Waals surface area contributed by atoms with E-state index >= 15 is 9.59 Å². The molecule has 1 fully saturated rings. The number of para-hydroxylation sites is 1. The van der Waals surface area contributed by atoms with Crippen LogP contribution in [0.2, 0.25) is 0 Å². The van der Waals surface area contributed by atoms with Gasteiger partial charge in [0.25, 0.3) is 0 Å². The van der Waals surface area contributed by atoms with Crippen molar-refractivity contribution in [2.75, 3.05) is 46.0 Å². The summed E-state index contributed by atoms with van der Waals surface area (Å²) in [4.78, 5) is 198. The second-order valence-corrected chi connectivity index (χ2v) is 27.2. The van der Waals surface area contributed by atoms with Gasteiger partial charge in [0.1, 0.15) is 72.5 Å². The van der Waals surface area contributed by atoms with Gasteiger partial charge in [0.2, 0.25) is 76.8 Å². The molecule has 37 heteroatoms. The van der Waals surface area contributed by atoms with Crippen LogP contribution in [-0.4, -0.2) is 236 Å². The number of aromatic amines is 2. The number of H-pyrrole nitrogens is 2. The molecule has 37 nitrogen and oxygen atoms in total. The summed E-state index contributed by atoms with van der Waals surface area (Å²) >= 11 is 0. The van der Waals surface area contributed by atoms with Gasteiger partial charge in [-0.05, 0) is 86.4 Å². The summed E-state index contributed by atoms with van der Waals surface area (Å²) in [5.74, 6) is -13.2. The Kier molecular flexibility index (Phi) is 36.2. The van der Waals surface area contributed by atoms with E-state index in [1.807, 2.05) is 0 Å². The number of nitrogens with zero attached hydrogens (tertiary/aromatic N) is 3. The summed E-state index contributed by atoms with van der Waals surface area (Å²) < 4.78 is 0. The first-order valence-electron chi connectivity index (χ1n) is 36.3. The highest BCUT2D eigenvalue weighted by Gasteiger charge is 2.41. The van der Waals surface area contributed by atoms with E-state index < -0.39 is 187 Å². The van der Waals surface area contributed by atoms with Crippen LogP contribution in [0.15, 0.2) is 78.3 Å². The van der Waals surface area contributed by atoms with Crippen LogP contribution in [0.3, 0.4) is 0 Å². The molecule has 7 unspecified atom stereocenters. The standard InChI is InChI=1S/C71H109N21O16/c1-7-39(5)57(91-69(107)58(40(6)8-2)90-66(104)53(36-95)87-60(98)45(73)34-93)68(106)88-52(35-94)65(103)86-51(30-43-32-77-37-81-43)64(102)84-49(28-41-18-10-9-11-19-41)63(101)83-47(23-16-26-78-71(75)76)62(100)85-50(29-42-31-79-46-21-13-12-20-44(42)46)61(99)80-33-55(96)82-48(22-14-15-25-72)70(108)92-27-17-24-54(92)67(105)89-56(38(3)4)59(74)97/h9-13,18-21,31-32,37-40,45,47-54,56-58,79,93-95H,7-8,14-17,22-30,33-36,72-73H2,1-6H3,(H2,74,97)(H,77,81)(H,80,99)(H,82,96)(H,83,101)(H,84,102)(H,85,100)(H,86,103)(H,87,98)(H,88,106)(H,89,105)(H,90,104)(H,91,107)(H4,75,76,78)/t39-,40?,45-,47-,48?,49-,50?,51?,52-,53?,54?,56-,57?,58-/m0/s1. The zero-order valence-electron chi connectivity index (χ0n) is 61.9. The Balaban J connectivity index is 1.41. The molecule has 108 heavy (non-hydrogen) atoms. The summed E-state index contributed by atoms with van der Waals surface area (Å²) in [6, 6.07) is -1.34. The lowest BCUT2D eigenvalue weighted by Gasteiger charge is -2.30. The number of hydrogen-bond donors (Lipinski definition) is 21. The summed E-state index contributed by atoms with van der Waals surface area (Å²) in [5, 5.41) is 59.2. The van der Waals surface area contributed by atoms with Crippen molar-refractivity contribution in [1.29, 1.82) is 0 Å². The number of aliphatic hydroxyl groups is 3. The zero-order chi connectivity index (χ0) is 79.7. The predicted molar refractivity (Wildman–Crippen MR) is 396 cm³/mol. The van der Waals surface area contributed by atoms with Crippen LogP contribution in [0.1, 0.15) is 116 Å². The van der Waals surface area contributed by atoms with Gasteiger partial charge >= 0.3 is 0 Å². The first-order chi connectivity index (χ1) is 51.5. The number of nitrogens with one attached hydrogen (secondary N) is 13. The maximum absolute atomic E-state index is 15.1. The smallest absolute Gasteiger partial charge is 0.245 e. The number of fused-ring (bicyclic) bond motifs is 1. The molecule has 26 N–H and O–H groups in total. The van der Waals surface area contributed by atoms with Gasteiger partial charge in [-0.2, -0.15) is 0 Å². The Bertz CT molecular complexity index is 3690. The first-order valence-corrected chi connectivity index (χ1v) is 36.3. The Morgan fingerprint density at radius 2 is 1.11 bits per heavy atom. The lowest BCUT2D eigenvalue weighted by molar-refractivity contribution is -0.142. The van der Waals surface area contributed by atoms with Crippen molar-refractivity contribution in [2.45, 2.75) is 191 Å². The van der Waals surface area contributed by atoms with Crippen molar-refractivity contribution in [3.05, 3.63) is 90.1 Å². The van der Waals surface area contributed by atoms with Gasteiger partial charge < -0.3 is 117 Å². The average molecular weight is 1510 g/mol. The summed E-state index contributed by atoms with van der Waals surface area (Å²) in [6.07, 6.45) is 5.76. The number of aliphatic hydroxyl groups excluding tert-OH is 3. The number of hydrogen-bond acceptors (Lipinski definition) is 20. The van der Waals surface area contributed by atoms with Gasteiger partial charge in [0.15, 0.2) is 5.96 Å². The minimum Gasteiger partial charge on any atom is -0.394 e. The third kappa shape index (κ3) is 27.0. The van der Waals surface area contributed by atoms with E-state index in [-0.39, 0.29) is 82.9 Å². The molecular weight excluding hydrogens is 1400 g/mol. The summed E-state index contributed by atoms with van der Waals surface area (Å²) in [7, 11) is 0. The molecule has 2 aromatic carbocycles. The van der Waals surface area contributed by atoms with Gasteiger partial charge in [-0.3, -0.25) is 67.3 Å². The van der Waals surface area contributed by atoms with E-state index in [4.69, 9.17) is 28.7 Å². The molecule has 0 spiro atoms. The van der Waals surface area contributed by atoms with E-state index in [9.17, 15) is 68.1 Å². The number of carbonyl (C=O) groups excluding carboxylic acids is 13. The Hall–Kier alpha value is -10.6. The van der Waals surface area contributed by atoms with Gasteiger partial charge in [0, 0.05) is 61.3 Å². The van der Waals surface area contributed by atoms with Crippen LogP contribution in [0.4, 0.5) is 0 Å². The number of likely N-dealkylation sites (tertiary alicyclic amines) is 1. The molecule has 2 aromatic heterocycles. The average Bonchev–Trinajstić information content (AvgIpc) is 1.67. The zero-order valence-corrected chi connectivity index (χ0v) is 61.9. The highest BCUT2D eigenvalue weighted by molar-refractivity contribution is 6.00. The van der Waals surface area contributed by atoms with Crippen LogP contribution >= 0.6 is 0 Å². The first kappa shape index (κ1) is 88.0. The van der Waals surface area contributed by atoms with Gasteiger partial charge in [0.05, 0.1) is 32.7 Å². The minimum atomic E-state index is -1.80. The van der Waals surface area contributed by atoms with Crippen LogP contribution in [0.25, 0.3) is 10.9 Å². The number of unbranched alkanes of at least 4 members (excludes halogenated alkanes) is 1. The molecule has 0 radical (unpaired) electrons. The molecular formula is C71H109N21O16. The molecule has 1 saturated heterocycles. The SMILES string of the molecule is CCC(C)[C@H](NC(=O)C(CO)NC(=O)[C@@H](N)CO)C(=O)NC(C(=O)N[C@@H](CO)C(=O)NC(Cc1cnc[nH]1)C(=O)N[C@@H](Cc1ccccc1)C(=O)N[C@@H](CCCN=C(N)N)C(=O)NC(Cc1c[nH]c2ccccc12)C(=O)NCC(=O)NC(CCCCN)C(=O)N1CCCC1C(=O)N[C@H](C(N)=O)C(C)C)[C@@H](C)CC. The largest absolute Gasteiger partial charge is 0.394 e. The fraction of sp³-hybridized carbons (Fsp3) is 0.563. The molecule has 0 bridgehead atoms. The molecule has 13 amide bonds. The molecule has 0 saturated carbocycles. The summed E-state index contributed by atoms with van der Waals surface area (Å²) in [6.45, 7) is 7.07. The number of aliphatic imine (C=N–C) groups is 1. The lowest BCUT2D eigenvalue weighted by atomic mass is 9.94. The second-order valence-electron chi connectivity index (χ2n) is 27.2. The fourth-order valence-electron chi connectivity index (χ4n) is 12.0. The maximum Gasteiger partial charge on any atom is 0.245 e. The number of guanidine groups is 1. The molecule has 1 aliphatic rings. The van der Waals surface area contributed by atoms with Crippen molar-refractivity contribution in [3.63, 3.8) is 0 Å². The van der Waals surface area contributed by atoms with Gasteiger partial charge in [-0.15, -0.1) is 0 Å². The molecule has 3 heterocycles. The van der Waals surface area contributed by atoms with Crippen LogP contribution in [0, 0.1) is 17.8 Å². The Morgan fingerprint density at radius 1 is 0.574 bits per heavy atom. The van der Waals surface area contributed by atoms with Crippen molar-refractivity contribution < 1.29 is 77.6 Å². The quantitative estimate of drug-likeness (QED) is 0.0112. The van der Waals surface area contributed by atoms with E-state index in [1.165, 1.54) is 17.4 Å². The number of primary amides is 1. The topological polar surface area (TPSA) is 605 Å². The van der Waals surface area contributed by atoms with Crippen LogP contribution in [-0.2, 0) is 81.6 Å². The Labute approximate surface area is 625 Å². The van der Waals surface area contributed by atoms with Crippen molar-refractivity contribution in [2.24, 2.45) is 51.4 Å². The van der Waals surface area contributed by atoms with E-state index in [1.54, 1.807) is 102 Å². The second kappa shape index (κ2) is 44.5. The molecule has 594 valence electrons. The minimum absolute atomic E-state index is 0.0367. The predicted octanol–water partition coefficient (Wildman–Crippen LogP) is -5.41. The Morgan fingerprint density at radius 3 is 1.69 bits per heavy atom. The van der Waals surface area contributed by atoms with Gasteiger partial charge in [-0.25, -0.2) is 4.98 Å². The molecule has 1 aliphatic heterocycles. The van der Waals surface area contributed by atoms with Crippen LogP contribution in [0.5, 0.6) is 0 Å². The number of carbonyl (C=O) groups is 13. The number of imidazole rings is 1. The van der Waals surface area contributed by atoms with E-state index in [0.29, 0.717) is 53.4 Å². The van der Waals surface area contributed by atoms with E-state index in [0.717, 1.165) is 0 Å². The number of aromatic nitrogens is 3. The maximum atomic E-state index is 15.1. The summed E-state index contributed by atoms with van der Waals surface area (Å²) in [5.41, 5.74) is 30.3. The molecule has 4 aromatic rings. The van der Waals surface area contributed by atoms with Crippen molar-refractivity contribution in [1.82, 2.24) is 78.3 Å². The van der Waals surface area contributed by atoms with Crippen molar-refractivity contribution in [3.8, 4) is 0 Å². The van der Waals surface area contributed by atoms with Crippen molar-refractivity contribution >= 4 is 93.7 Å². The lowest BCUT2D eigenvalue weighted by Crippen LogP contribution is -2.63. The number of nitrogens with two attached hydrogens (primary N) is 5. The van der Waals surface area contributed by atoms with Gasteiger partial charge in [-0.1, -0.05) is 103 Å². The third-order valence-electron chi connectivity index (χ3n) is 18.7. The molecule has 5 rings (SSSR count). The van der Waals surface area contributed by atoms with Crippen LogP contribution < -0.4 is 87.2 Å². The molecule has 0 aliphatic carbocycles. The number of amides is 13. The highest BCUT2D eigenvalue weighted by atomic mass is 16.3. The monoisotopic (exact) mass is 1510 g/mol. The number of rotatable bonds is 46. The number of benzene rings is 2.